The zero-order chi connectivity index (χ0) is 24.3. The van der Waals surface area contributed by atoms with E-state index in [2.05, 4.69) is 11.4 Å². The van der Waals surface area contributed by atoms with Crippen LogP contribution in [-0.4, -0.2) is 55.3 Å². The van der Waals surface area contributed by atoms with E-state index in [4.69, 9.17) is 21.1 Å². The first-order valence-corrected chi connectivity index (χ1v) is 12.3. The maximum absolute atomic E-state index is 14.1. The van der Waals surface area contributed by atoms with Crippen LogP contribution < -0.4 is 10.9 Å². The number of aromatic nitrogens is 1. The molecule has 1 aliphatic heterocycles. The number of rotatable bonds is 9. The van der Waals surface area contributed by atoms with Gasteiger partial charge in [0.25, 0.3) is 5.56 Å². The maximum atomic E-state index is 14.1. The second-order valence-electron chi connectivity index (χ2n) is 9.33. The topological polar surface area (TPSA) is 72.8 Å². The van der Waals surface area contributed by atoms with Crippen LogP contribution in [0.2, 0.25) is 5.02 Å². The molecule has 0 radical (unpaired) electrons. The molecule has 184 valence electrons. The highest BCUT2D eigenvalue weighted by atomic mass is 35.5. The molecule has 4 rings (SSSR count). The fraction of sp³-hybridized carbons (Fsp3) is 0.538. The number of aryl methyl sites for hydroxylation is 1. The Hall–Kier alpha value is -2.19. The predicted octanol–water partition coefficient (Wildman–Crippen LogP) is 2.87. The fourth-order valence-corrected chi connectivity index (χ4v) is 5.12. The Kier molecular flexibility index (Phi) is 7.77. The lowest BCUT2D eigenvalue weighted by molar-refractivity contribution is -0.155. The number of pyridine rings is 1. The van der Waals surface area contributed by atoms with Gasteiger partial charge in [-0.1, -0.05) is 23.7 Å². The molecule has 0 bridgehead atoms. The van der Waals surface area contributed by atoms with Crippen LogP contribution in [-0.2, 0) is 39.9 Å². The van der Waals surface area contributed by atoms with Gasteiger partial charge in [-0.2, -0.15) is 0 Å². The first-order chi connectivity index (χ1) is 16.4. The molecule has 8 heteroatoms. The van der Waals surface area contributed by atoms with Gasteiger partial charge < -0.3 is 24.3 Å². The third-order valence-corrected chi connectivity index (χ3v) is 7.52. The average molecular weight is 488 g/mol. The van der Waals surface area contributed by atoms with Crippen LogP contribution in [0.1, 0.15) is 36.0 Å². The number of benzene rings is 1. The van der Waals surface area contributed by atoms with Crippen LogP contribution in [0.15, 0.2) is 41.3 Å². The largest absolute Gasteiger partial charge is 0.384 e. The summed E-state index contributed by atoms with van der Waals surface area (Å²) in [5.41, 5.74) is 1.86. The van der Waals surface area contributed by atoms with Gasteiger partial charge in [0, 0.05) is 57.7 Å². The number of nitrogens with zero attached hydrogens (tertiary/aromatic N) is 2. The fourth-order valence-electron chi connectivity index (χ4n) is 4.95. The number of hydrogen-bond donors (Lipinski definition) is 1. The van der Waals surface area contributed by atoms with Crippen molar-refractivity contribution in [2.24, 2.45) is 13.0 Å². The van der Waals surface area contributed by atoms with Crippen molar-refractivity contribution in [2.45, 2.75) is 43.9 Å². The maximum Gasteiger partial charge on any atom is 0.250 e. The van der Waals surface area contributed by atoms with Crippen molar-refractivity contribution in [3.63, 3.8) is 0 Å². The van der Waals surface area contributed by atoms with Gasteiger partial charge in [-0.25, -0.2) is 0 Å². The summed E-state index contributed by atoms with van der Waals surface area (Å²) in [6.45, 7) is 2.29. The predicted molar refractivity (Wildman–Crippen MR) is 132 cm³/mol. The van der Waals surface area contributed by atoms with Gasteiger partial charge in [-0.3, -0.25) is 9.59 Å². The van der Waals surface area contributed by atoms with Crippen molar-refractivity contribution in [1.82, 2.24) is 14.8 Å². The first kappa shape index (κ1) is 24.9. The average Bonchev–Trinajstić information content (AvgIpc) is 3.69. The third kappa shape index (κ3) is 5.08. The molecule has 1 saturated heterocycles. The van der Waals surface area contributed by atoms with Gasteiger partial charge in [0.2, 0.25) is 5.91 Å². The van der Waals surface area contributed by atoms with Gasteiger partial charge >= 0.3 is 0 Å². The first-order valence-electron chi connectivity index (χ1n) is 11.9. The summed E-state index contributed by atoms with van der Waals surface area (Å²) in [6, 6.07) is 9.68. The summed E-state index contributed by atoms with van der Waals surface area (Å²) in [5, 5.41) is 4.03. The number of nitrogens with one attached hydrogen (secondary N) is 1. The van der Waals surface area contributed by atoms with Crippen LogP contribution in [0.4, 0.5) is 0 Å². The molecule has 2 heterocycles. The Morgan fingerprint density at radius 1 is 1.26 bits per heavy atom. The molecule has 1 amide bonds. The van der Waals surface area contributed by atoms with E-state index in [-0.39, 0.29) is 17.5 Å². The van der Waals surface area contributed by atoms with E-state index in [1.807, 2.05) is 23.1 Å². The molecule has 2 fully saturated rings. The molecule has 7 nitrogen and oxygen atoms in total. The van der Waals surface area contributed by atoms with E-state index in [1.54, 1.807) is 33.5 Å². The minimum atomic E-state index is -0.854. The summed E-state index contributed by atoms with van der Waals surface area (Å²) in [7, 11) is 5.05. The number of ether oxygens (including phenoxy) is 2. The zero-order valence-corrected chi connectivity index (χ0v) is 20.9. The highest BCUT2D eigenvalue weighted by Gasteiger charge is 2.49. The minimum Gasteiger partial charge on any atom is -0.384 e. The Balaban J connectivity index is 1.65. The molecule has 1 saturated carbocycles. The molecule has 0 spiro atoms. The second kappa shape index (κ2) is 10.6. The molecule has 34 heavy (non-hydrogen) atoms. The zero-order valence-electron chi connectivity index (χ0n) is 20.2. The lowest BCUT2D eigenvalue weighted by Gasteiger charge is -2.44. The molecular weight excluding hydrogens is 454 g/mol. The summed E-state index contributed by atoms with van der Waals surface area (Å²) < 4.78 is 12.8. The molecule has 1 aromatic carbocycles. The van der Waals surface area contributed by atoms with Crippen molar-refractivity contribution in [1.29, 1.82) is 0 Å². The minimum absolute atomic E-state index is 0.0376. The number of carbonyl (C=O) groups excluding carboxylic acids is 1. The van der Waals surface area contributed by atoms with Crippen LogP contribution >= 0.6 is 11.6 Å². The van der Waals surface area contributed by atoms with E-state index in [9.17, 15) is 9.59 Å². The molecule has 1 aromatic heterocycles. The van der Waals surface area contributed by atoms with E-state index in [0.29, 0.717) is 37.7 Å². The van der Waals surface area contributed by atoms with Crippen molar-refractivity contribution in [3.05, 3.63) is 68.6 Å². The highest BCUT2D eigenvalue weighted by molar-refractivity contribution is 6.31. The molecule has 1 aliphatic carbocycles. The van der Waals surface area contributed by atoms with Crippen molar-refractivity contribution < 1.29 is 14.3 Å². The number of methoxy groups -OCH3 is 2. The second-order valence-corrected chi connectivity index (χ2v) is 9.74. The number of halogens is 1. The lowest BCUT2D eigenvalue weighted by Crippen LogP contribution is -2.56. The molecular formula is C26H34ClN3O4. The lowest BCUT2D eigenvalue weighted by atomic mass is 9.75. The SMILES string of the molecule is COCCc1ccc(Cl)c(CN(C(=O)[C@H]2CNCC[C@@]2(OC)c2ccn(C)c(=O)c2)C2CC2)c1. The molecule has 2 aliphatic rings. The third-order valence-electron chi connectivity index (χ3n) is 7.16. The van der Waals surface area contributed by atoms with Crippen LogP contribution in [0, 0.1) is 5.92 Å². The van der Waals surface area contributed by atoms with Crippen LogP contribution in [0.25, 0.3) is 0 Å². The smallest absolute Gasteiger partial charge is 0.250 e. The van der Waals surface area contributed by atoms with Gasteiger partial charge in [0.05, 0.1) is 12.5 Å². The van der Waals surface area contributed by atoms with Gasteiger partial charge in [-0.15, -0.1) is 0 Å². The number of hydrogen-bond acceptors (Lipinski definition) is 5. The molecule has 1 N–H and O–H groups in total. The monoisotopic (exact) mass is 487 g/mol. The molecule has 2 atom stereocenters. The van der Waals surface area contributed by atoms with Gasteiger partial charge in [-0.05, 0) is 61.1 Å². The summed E-state index contributed by atoms with van der Waals surface area (Å²) in [6.07, 6.45) is 5.11. The Morgan fingerprint density at radius 3 is 2.74 bits per heavy atom. The number of carbonyl (C=O) groups is 1. The highest BCUT2D eigenvalue weighted by Crippen LogP contribution is 2.41. The van der Waals surface area contributed by atoms with E-state index in [0.717, 1.165) is 36.0 Å². The van der Waals surface area contributed by atoms with Crippen LogP contribution in [0.5, 0.6) is 0 Å². The standard InChI is InChI=1S/C26H34ClN3O4/c1-29-12-8-20(15-24(29)31)26(34-3)10-11-28-16-22(26)25(32)30(21-5-6-21)17-19-14-18(9-13-33-2)4-7-23(19)27/h4,7-8,12,14-15,21-22,28H,5-6,9-11,13,16-17H2,1-3H3/t22-,26-/m1/s1. The quantitative estimate of drug-likeness (QED) is 0.589. The van der Waals surface area contributed by atoms with Gasteiger partial charge in [0.1, 0.15) is 5.60 Å². The van der Waals surface area contributed by atoms with Crippen molar-refractivity contribution in [3.8, 4) is 0 Å². The summed E-state index contributed by atoms with van der Waals surface area (Å²) in [4.78, 5) is 28.5. The Labute approximate surface area is 206 Å². The number of piperidine rings is 1. The summed E-state index contributed by atoms with van der Waals surface area (Å²) >= 11 is 6.56. The van der Waals surface area contributed by atoms with E-state index >= 15 is 0 Å². The van der Waals surface area contributed by atoms with Gasteiger partial charge in [0.15, 0.2) is 0 Å². The Bertz CT molecular complexity index is 1080. The molecule has 2 aromatic rings. The Morgan fingerprint density at radius 2 is 2.06 bits per heavy atom. The van der Waals surface area contributed by atoms with Crippen LogP contribution in [0.3, 0.4) is 0 Å². The number of amides is 1. The molecule has 0 unspecified atom stereocenters. The normalized spacial score (nSPS) is 22.5. The van der Waals surface area contributed by atoms with Crippen molar-refractivity contribution in [2.75, 3.05) is 33.9 Å². The van der Waals surface area contributed by atoms with Crippen molar-refractivity contribution >= 4 is 17.5 Å². The summed E-state index contributed by atoms with van der Waals surface area (Å²) in [5.74, 6) is -0.412. The van der Waals surface area contributed by atoms with E-state index in [1.165, 1.54) is 4.57 Å². The van der Waals surface area contributed by atoms with E-state index < -0.39 is 11.5 Å².